The lowest BCUT2D eigenvalue weighted by atomic mass is 10.0. The molecule has 1 saturated carbocycles. The summed E-state index contributed by atoms with van der Waals surface area (Å²) in [7, 11) is 0. The first-order chi connectivity index (χ1) is 8.69. The maximum Gasteiger partial charge on any atom is 0.123 e. The maximum atomic E-state index is 12.8. The number of halogens is 1. The van der Waals surface area contributed by atoms with Gasteiger partial charge in [0, 0.05) is 12.1 Å². The molecule has 0 radical (unpaired) electrons. The largest absolute Gasteiger partial charge is 0.310 e. The SMILES string of the molecule is CC(Cc1ccc(F)cc1)NC1CCCC1C#N. The molecule has 0 aliphatic heterocycles. The summed E-state index contributed by atoms with van der Waals surface area (Å²) in [5.74, 6) is -0.0413. The number of nitriles is 1. The highest BCUT2D eigenvalue weighted by Gasteiger charge is 2.27. The van der Waals surface area contributed by atoms with Gasteiger partial charge in [-0.3, -0.25) is 0 Å². The molecule has 1 fully saturated rings. The molecule has 2 rings (SSSR count). The van der Waals surface area contributed by atoms with E-state index in [9.17, 15) is 4.39 Å². The van der Waals surface area contributed by atoms with Crippen LogP contribution in [0.1, 0.15) is 31.7 Å². The Hall–Kier alpha value is -1.40. The zero-order valence-corrected chi connectivity index (χ0v) is 10.7. The van der Waals surface area contributed by atoms with Crippen LogP contribution in [0.25, 0.3) is 0 Å². The standard InChI is InChI=1S/C15H19FN2/c1-11(9-12-5-7-14(16)8-6-12)18-15-4-2-3-13(15)10-17/h5-8,11,13,15,18H,2-4,9H2,1H3. The van der Waals surface area contributed by atoms with Crippen LogP contribution < -0.4 is 5.32 Å². The van der Waals surface area contributed by atoms with Crippen LogP contribution in [0.4, 0.5) is 4.39 Å². The first-order valence-corrected chi connectivity index (χ1v) is 6.59. The van der Waals surface area contributed by atoms with Gasteiger partial charge in [0.15, 0.2) is 0 Å². The van der Waals surface area contributed by atoms with Crippen molar-refractivity contribution in [1.29, 1.82) is 5.26 Å². The fraction of sp³-hybridized carbons (Fsp3) is 0.533. The molecular formula is C15H19FN2. The zero-order valence-electron chi connectivity index (χ0n) is 10.7. The van der Waals surface area contributed by atoms with E-state index in [1.165, 1.54) is 12.1 Å². The molecule has 3 atom stereocenters. The molecule has 1 aliphatic carbocycles. The van der Waals surface area contributed by atoms with Crippen molar-refractivity contribution in [3.63, 3.8) is 0 Å². The minimum absolute atomic E-state index is 0.153. The van der Waals surface area contributed by atoms with Gasteiger partial charge in [-0.15, -0.1) is 0 Å². The van der Waals surface area contributed by atoms with Crippen molar-refractivity contribution in [3.05, 3.63) is 35.6 Å². The van der Waals surface area contributed by atoms with Crippen LogP contribution in [-0.4, -0.2) is 12.1 Å². The summed E-state index contributed by atoms with van der Waals surface area (Å²) >= 11 is 0. The van der Waals surface area contributed by atoms with Gasteiger partial charge in [0.25, 0.3) is 0 Å². The normalized spacial score (nSPS) is 24.7. The van der Waals surface area contributed by atoms with Gasteiger partial charge in [0.05, 0.1) is 12.0 Å². The number of hydrogen-bond donors (Lipinski definition) is 1. The van der Waals surface area contributed by atoms with Crippen LogP contribution in [0.2, 0.25) is 0 Å². The number of benzene rings is 1. The molecule has 0 bridgehead atoms. The Morgan fingerprint density at radius 3 is 2.78 bits per heavy atom. The van der Waals surface area contributed by atoms with E-state index in [-0.39, 0.29) is 11.7 Å². The van der Waals surface area contributed by atoms with E-state index in [1.807, 2.05) is 12.1 Å². The minimum atomic E-state index is -0.195. The Balaban J connectivity index is 1.87. The van der Waals surface area contributed by atoms with E-state index in [4.69, 9.17) is 5.26 Å². The topological polar surface area (TPSA) is 35.8 Å². The second-order valence-corrected chi connectivity index (χ2v) is 5.17. The van der Waals surface area contributed by atoms with Crippen molar-refractivity contribution in [1.82, 2.24) is 5.32 Å². The molecule has 1 N–H and O–H groups in total. The third-order valence-electron chi connectivity index (χ3n) is 3.64. The van der Waals surface area contributed by atoms with Gasteiger partial charge in [0.1, 0.15) is 5.82 Å². The summed E-state index contributed by atoms with van der Waals surface area (Å²) in [6, 6.07) is 9.66. The molecule has 3 heteroatoms. The summed E-state index contributed by atoms with van der Waals surface area (Å²) < 4.78 is 12.8. The van der Waals surface area contributed by atoms with Crippen molar-refractivity contribution in [3.8, 4) is 6.07 Å². The van der Waals surface area contributed by atoms with Gasteiger partial charge in [0.2, 0.25) is 0 Å². The van der Waals surface area contributed by atoms with Crippen molar-refractivity contribution in [2.24, 2.45) is 5.92 Å². The second-order valence-electron chi connectivity index (χ2n) is 5.17. The minimum Gasteiger partial charge on any atom is -0.310 e. The first kappa shape index (κ1) is 13.0. The molecule has 96 valence electrons. The molecule has 0 spiro atoms. The maximum absolute atomic E-state index is 12.8. The first-order valence-electron chi connectivity index (χ1n) is 6.59. The molecule has 3 unspecified atom stereocenters. The summed E-state index contributed by atoms with van der Waals surface area (Å²) in [5, 5.41) is 12.6. The summed E-state index contributed by atoms with van der Waals surface area (Å²) in [5.41, 5.74) is 1.13. The van der Waals surface area contributed by atoms with E-state index in [0.29, 0.717) is 12.1 Å². The van der Waals surface area contributed by atoms with Gasteiger partial charge < -0.3 is 5.32 Å². The molecule has 1 aromatic carbocycles. The van der Waals surface area contributed by atoms with E-state index in [0.717, 1.165) is 31.2 Å². The van der Waals surface area contributed by atoms with E-state index < -0.39 is 0 Å². The average Bonchev–Trinajstić information content (AvgIpc) is 2.79. The Morgan fingerprint density at radius 2 is 2.11 bits per heavy atom. The molecule has 0 heterocycles. The van der Waals surface area contributed by atoms with Gasteiger partial charge in [-0.2, -0.15) is 5.26 Å². The highest BCUT2D eigenvalue weighted by molar-refractivity contribution is 5.17. The van der Waals surface area contributed by atoms with Crippen molar-refractivity contribution in [2.75, 3.05) is 0 Å². The summed E-state index contributed by atoms with van der Waals surface area (Å²) in [6.07, 6.45) is 4.11. The lowest BCUT2D eigenvalue weighted by molar-refractivity contribution is 0.408. The third-order valence-corrected chi connectivity index (χ3v) is 3.64. The average molecular weight is 246 g/mol. The summed E-state index contributed by atoms with van der Waals surface area (Å²) in [4.78, 5) is 0. The zero-order chi connectivity index (χ0) is 13.0. The monoisotopic (exact) mass is 246 g/mol. The van der Waals surface area contributed by atoms with Crippen molar-refractivity contribution in [2.45, 2.75) is 44.7 Å². The van der Waals surface area contributed by atoms with Gasteiger partial charge in [-0.05, 0) is 43.9 Å². The fourth-order valence-electron chi connectivity index (χ4n) is 2.71. The van der Waals surface area contributed by atoms with Gasteiger partial charge >= 0.3 is 0 Å². The van der Waals surface area contributed by atoms with E-state index in [2.05, 4.69) is 18.3 Å². The molecule has 1 aromatic rings. The molecule has 0 aromatic heterocycles. The lowest BCUT2D eigenvalue weighted by Crippen LogP contribution is -2.39. The fourth-order valence-corrected chi connectivity index (χ4v) is 2.71. The Kier molecular flexibility index (Phi) is 4.33. The van der Waals surface area contributed by atoms with Crippen molar-refractivity contribution >= 4 is 0 Å². The lowest BCUT2D eigenvalue weighted by Gasteiger charge is -2.21. The molecule has 0 amide bonds. The van der Waals surface area contributed by atoms with Crippen molar-refractivity contribution < 1.29 is 4.39 Å². The molecule has 18 heavy (non-hydrogen) atoms. The van der Waals surface area contributed by atoms with Crippen LogP contribution in [0.15, 0.2) is 24.3 Å². The highest BCUT2D eigenvalue weighted by atomic mass is 19.1. The quantitative estimate of drug-likeness (QED) is 0.886. The van der Waals surface area contributed by atoms with Crippen LogP contribution in [-0.2, 0) is 6.42 Å². The molecule has 1 aliphatic rings. The number of nitrogens with zero attached hydrogens (tertiary/aromatic N) is 1. The number of rotatable bonds is 4. The Labute approximate surface area is 108 Å². The molecule has 2 nitrogen and oxygen atoms in total. The number of nitrogens with one attached hydrogen (secondary N) is 1. The smallest absolute Gasteiger partial charge is 0.123 e. The Bertz CT molecular complexity index is 421. The Morgan fingerprint density at radius 1 is 1.39 bits per heavy atom. The van der Waals surface area contributed by atoms with Crippen LogP contribution in [0, 0.1) is 23.1 Å². The molecule has 0 saturated heterocycles. The van der Waals surface area contributed by atoms with Gasteiger partial charge in [-0.1, -0.05) is 18.6 Å². The van der Waals surface area contributed by atoms with Crippen LogP contribution in [0.3, 0.4) is 0 Å². The molecular weight excluding hydrogens is 227 g/mol. The third kappa shape index (κ3) is 3.30. The highest BCUT2D eigenvalue weighted by Crippen LogP contribution is 2.25. The summed E-state index contributed by atoms with van der Waals surface area (Å²) in [6.45, 7) is 2.12. The van der Waals surface area contributed by atoms with Crippen LogP contribution in [0.5, 0.6) is 0 Å². The van der Waals surface area contributed by atoms with E-state index in [1.54, 1.807) is 0 Å². The van der Waals surface area contributed by atoms with E-state index >= 15 is 0 Å². The number of hydrogen-bond acceptors (Lipinski definition) is 2. The predicted molar refractivity (Wildman–Crippen MR) is 69.4 cm³/mol. The van der Waals surface area contributed by atoms with Crippen LogP contribution >= 0.6 is 0 Å². The second kappa shape index (κ2) is 5.97. The van der Waals surface area contributed by atoms with Gasteiger partial charge in [-0.25, -0.2) is 4.39 Å². The predicted octanol–water partition coefficient (Wildman–Crippen LogP) is 3.04.